The third-order valence-electron chi connectivity index (χ3n) is 6.46. The highest BCUT2D eigenvalue weighted by Gasteiger charge is 2.48. The predicted molar refractivity (Wildman–Crippen MR) is 161 cm³/mol. The molecule has 3 aromatic carbocycles. The number of hydrogen-bond donors (Lipinski definition) is 1. The summed E-state index contributed by atoms with van der Waals surface area (Å²) in [6.45, 7) is 6.62. The quantitative estimate of drug-likeness (QED) is 0.0732. The molecule has 0 bridgehead atoms. The molecule has 5 rings (SSSR count). The number of carbonyl (C=O) groups is 2. The van der Waals surface area contributed by atoms with Crippen LogP contribution in [0.15, 0.2) is 82.7 Å². The molecule has 8 nitrogen and oxygen atoms in total. The van der Waals surface area contributed by atoms with Crippen molar-refractivity contribution >= 4 is 45.7 Å². The van der Waals surface area contributed by atoms with Crippen LogP contribution in [0.5, 0.6) is 11.5 Å². The number of aliphatic hydroxyl groups excluding tert-OH is 1. The zero-order chi connectivity index (χ0) is 28.9. The van der Waals surface area contributed by atoms with E-state index in [9.17, 15) is 14.7 Å². The average molecular weight is 588 g/mol. The van der Waals surface area contributed by atoms with Crippen LogP contribution in [0.1, 0.15) is 42.1 Å². The van der Waals surface area contributed by atoms with Crippen LogP contribution >= 0.6 is 23.1 Å². The number of ether oxygens (including phenoxy) is 2. The van der Waals surface area contributed by atoms with Crippen molar-refractivity contribution in [1.29, 1.82) is 0 Å². The number of benzene rings is 3. The molecule has 0 radical (unpaired) electrons. The largest absolute Gasteiger partial charge is 0.507 e. The molecule has 1 N–H and O–H groups in total. The fraction of sp³-hybridized carbons (Fsp3) is 0.226. The van der Waals surface area contributed by atoms with E-state index in [4.69, 9.17) is 9.47 Å². The molecule has 10 heteroatoms. The van der Waals surface area contributed by atoms with Gasteiger partial charge in [-0.3, -0.25) is 14.5 Å². The molecule has 41 heavy (non-hydrogen) atoms. The summed E-state index contributed by atoms with van der Waals surface area (Å²) >= 11 is 2.73. The Kier molecular flexibility index (Phi) is 8.70. The van der Waals surface area contributed by atoms with Gasteiger partial charge in [0.2, 0.25) is 5.13 Å². The van der Waals surface area contributed by atoms with Crippen LogP contribution in [0.3, 0.4) is 0 Å². The Hall–Kier alpha value is -4.15. The van der Waals surface area contributed by atoms with E-state index in [2.05, 4.69) is 34.5 Å². The summed E-state index contributed by atoms with van der Waals surface area (Å²) < 4.78 is 12.2. The van der Waals surface area contributed by atoms with Gasteiger partial charge >= 0.3 is 5.91 Å². The van der Waals surface area contributed by atoms with E-state index in [1.807, 2.05) is 26.8 Å². The number of amides is 1. The Morgan fingerprint density at radius 2 is 1.66 bits per heavy atom. The molecule has 1 aliphatic heterocycles. The molecule has 1 saturated heterocycles. The van der Waals surface area contributed by atoms with Crippen molar-refractivity contribution in [1.82, 2.24) is 10.2 Å². The lowest BCUT2D eigenvalue weighted by Crippen LogP contribution is -2.29. The summed E-state index contributed by atoms with van der Waals surface area (Å²) in [6, 6.07) is 21.2. The summed E-state index contributed by atoms with van der Waals surface area (Å²) in [5.74, 6) is -0.144. The maximum atomic E-state index is 13.5. The van der Waals surface area contributed by atoms with Crippen LogP contribution < -0.4 is 14.4 Å². The zero-order valence-electron chi connectivity index (χ0n) is 22.9. The second kappa shape index (κ2) is 12.6. The van der Waals surface area contributed by atoms with Gasteiger partial charge in [0, 0.05) is 11.3 Å². The predicted octanol–water partition coefficient (Wildman–Crippen LogP) is 6.56. The molecule has 0 spiro atoms. The first-order chi connectivity index (χ1) is 19.9. The maximum absolute atomic E-state index is 13.5. The number of aromatic nitrogens is 2. The van der Waals surface area contributed by atoms with Crippen molar-refractivity contribution in [2.24, 2.45) is 0 Å². The number of Topliss-reactive ketones (excluding diaryl/α,β-unsaturated/α-hetero) is 1. The number of anilines is 1. The molecule has 0 saturated carbocycles. The minimum Gasteiger partial charge on any atom is -0.507 e. The second-order valence-electron chi connectivity index (χ2n) is 9.23. The number of hydrogen-bond acceptors (Lipinski definition) is 9. The molecule has 1 amide bonds. The van der Waals surface area contributed by atoms with Crippen molar-refractivity contribution in [3.63, 3.8) is 0 Å². The van der Waals surface area contributed by atoms with Gasteiger partial charge in [0.25, 0.3) is 5.78 Å². The van der Waals surface area contributed by atoms with Crippen LogP contribution in [-0.4, -0.2) is 40.2 Å². The number of thioether (sulfide) groups is 1. The van der Waals surface area contributed by atoms with Gasteiger partial charge in [-0.15, -0.1) is 10.2 Å². The Labute approximate surface area is 246 Å². The number of carbonyl (C=O) groups excluding carboxylic acids is 2. The van der Waals surface area contributed by atoms with E-state index in [1.54, 1.807) is 42.5 Å². The van der Waals surface area contributed by atoms with Crippen LogP contribution in [-0.2, 0) is 15.3 Å². The first-order valence-corrected chi connectivity index (χ1v) is 15.0. The number of nitrogens with zero attached hydrogens (tertiary/aromatic N) is 3. The van der Waals surface area contributed by atoms with Crippen molar-refractivity contribution < 1.29 is 24.2 Å². The maximum Gasteiger partial charge on any atom is 0.301 e. The summed E-state index contributed by atoms with van der Waals surface area (Å²) in [5, 5.41) is 20.2. The van der Waals surface area contributed by atoms with E-state index >= 15 is 0 Å². The third-order valence-corrected chi connectivity index (χ3v) is 8.59. The van der Waals surface area contributed by atoms with Gasteiger partial charge in [-0.1, -0.05) is 89.3 Å². The standard InChI is InChI=1S/C31H29N3O5S2/c1-4-38-23-16-15-22(17-24(23)39-5-2)26-25(27(35)21-9-7-6-8-10-21)28(36)29(37)34(26)30-32-33-31(41-30)40-18-20-13-11-19(3)12-14-20/h6-17,26,35H,4-5,18H2,1-3H3/b27-25+. The summed E-state index contributed by atoms with van der Waals surface area (Å²) in [4.78, 5) is 28.4. The highest BCUT2D eigenvalue weighted by molar-refractivity contribution is 8.00. The number of ketones is 1. The van der Waals surface area contributed by atoms with Crippen LogP contribution in [0.25, 0.3) is 5.76 Å². The summed E-state index contributed by atoms with van der Waals surface area (Å²) in [7, 11) is 0. The van der Waals surface area contributed by atoms with E-state index in [0.29, 0.717) is 45.9 Å². The van der Waals surface area contributed by atoms with E-state index in [-0.39, 0.29) is 16.5 Å². The normalized spacial score (nSPS) is 16.3. The highest BCUT2D eigenvalue weighted by atomic mass is 32.2. The SMILES string of the molecule is CCOc1ccc(C2/C(=C(\O)c3ccccc3)C(=O)C(=O)N2c2nnc(SCc3ccc(C)cc3)s2)cc1OCC. The molecule has 2 heterocycles. The van der Waals surface area contributed by atoms with Gasteiger partial charge in [-0.05, 0) is 44.0 Å². The minimum absolute atomic E-state index is 0.0307. The van der Waals surface area contributed by atoms with Crippen LogP contribution in [0.2, 0.25) is 0 Å². The lowest BCUT2D eigenvalue weighted by atomic mass is 9.95. The molecule has 1 fully saturated rings. The Balaban J connectivity index is 1.57. The minimum atomic E-state index is -0.951. The fourth-order valence-corrected chi connectivity index (χ4v) is 6.35. The van der Waals surface area contributed by atoms with Crippen molar-refractivity contribution in [2.45, 2.75) is 36.9 Å². The molecular formula is C31H29N3O5S2. The number of aliphatic hydroxyl groups is 1. The zero-order valence-corrected chi connectivity index (χ0v) is 24.5. The molecule has 0 aliphatic carbocycles. The Morgan fingerprint density at radius 1 is 0.951 bits per heavy atom. The third kappa shape index (κ3) is 5.98. The van der Waals surface area contributed by atoms with Gasteiger partial charge < -0.3 is 14.6 Å². The molecule has 1 unspecified atom stereocenters. The molecule has 4 aromatic rings. The topological polar surface area (TPSA) is 102 Å². The smallest absolute Gasteiger partial charge is 0.301 e. The second-order valence-corrected chi connectivity index (χ2v) is 11.4. The van der Waals surface area contributed by atoms with Gasteiger partial charge in [-0.25, -0.2) is 0 Å². The van der Waals surface area contributed by atoms with E-state index in [1.165, 1.54) is 33.6 Å². The van der Waals surface area contributed by atoms with Gasteiger partial charge in [-0.2, -0.15) is 0 Å². The first kappa shape index (κ1) is 28.4. The Morgan fingerprint density at radius 3 is 2.37 bits per heavy atom. The molecule has 1 atom stereocenters. The fourth-order valence-electron chi connectivity index (χ4n) is 4.52. The van der Waals surface area contributed by atoms with Gasteiger partial charge in [0.05, 0.1) is 24.8 Å². The Bertz CT molecular complexity index is 1590. The van der Waals surface area contributed by atoms with Gasteiger partial charge in [0.15, 0.2) is 15.8 Å². The van der Waals surface area contributed by atoms with E-state index < -0.39 is 17.7 Å². The highest BCUT2D eigenvalue weighted by Crippen LogP contribution is 2.45. The monoisotopic (exact) mass is 587 g/mol. The summed E-state index contributed by atoms with van der Waals surface area (Å²) in [5.41, 5.74) is 3.29. The average Bonchev–Trinajstić information content (AvgIpc) is 3.56. The van der Waals surface area contributed by atoms with Crippen molar-refractivity contribution in [2.75, 3.05) is 18.1 Å². The van der Waals surface area contributed by atoms with Crippen LogP contribution in [0, 0.1) is 6.92 Å². The molecular weight excluding hydrogens is 558 g/mol. The lowest BCUT2D eigenvalue weighted by Gasteiger charge is -2.23. The molecule has 1 aliphatic rings. The molecule has 1 aromatic heterocycles. The van der Waals surface area contributed by atoms with Gasteiger partial charge in [0.1, 0.15) is 5.76 Å². The lowest BCUT2D eigenvalue weighted by molar-refractivity contribution is -0.132. The van der Waals surface area contributed by atoms with Crippen LogP contribution in [0.4, 0.5) is 5.13 Å². The summed E-state index contributed by atoms with van der Waals surface area (Å²) in [6.07, 6.45) is 0. The molecule has 210 valence electrons. The van der Waals surface area contributed by atoms with Crippen molar-refractivity contribution in [3.8, 4) is 11.5 Å². The number of aryl methyl sites for hydroxylation is 1. The number of rotatable bonds is 10. The van der Waals surface area contributed by atoms with Crippen molar-refractivity contribution in [3.05, 3.63) is 101 Å². The first-order valence-electron chi connectivity index (χ1n) is 13.2. The van der Waals surface area contributed by atoms with E-state index in [0.717, 1.165) is 5.56 Å².